The molecule has 2 N–H and O–H groups in total. The van der Waals surface area contributed by atoms with Gasteiger partial charge in [0.15, 0.2) is 0 Å². The fourth-order valence-electron chi connectivity index (χ4n) is 4.52. The Bertz CT molecular complexity index is 1340. The summed E-state index contributed by atoms with van der Waals surface area (Å²) in [6, 6.07) is 8.40. The number of benzene rings is 2. The molecular weight excluding hydrogens is 688 g/mol. The predicted molar refractivity (Wildman–Crippen MR) is 196 cm³/mol. The molecule has 0 bridgehead atoms. The van der Waals surface area contributed by atoms with E-state index >= 15 is 0 Å². The van der Waals surface area contributed by atoms with Crippen molar-refractivity contribution in [3.8, 4) is 0 Å². The molecule has 4 rings (SSSR count). The van der Waals surface area contributed by atoms with Gasteiger partial charge in [-0.25, -0.2) is 41.9 Å². The van der Waals surface area contributed by atoms with E-state index in [0.717, 1.165) is 63.5 Å². The van der Waals surface area contributed by atoms with Gasteiger partial charge in [-0.15, -0.1) is 49.2 Å². The maximum absolute atomic E-state index is 13.5. The molecule has 0 radical (unpaired) electrons. The van der Waals surface area contributed by atoms with Crippen LogP contribution in [0.25, 0.3) is 0 Å². The summed E-state index contributed by atoms with van der Waals surface area (Å²) >= 11 is 0. The van der Waals surface area contributed by atoms with E-state index in [1.54, 1.807) is 0 Å². The number of anilines is 2. The molecule has 2 aliphatic carbocycles. The van der Waals surface area contributed by atoms with Crippen LogP contribution in [0.15, 0.2) is 60.7 Å². The number of amides is 2. The number of hydrogen-bond acceptors (Lipinski definition) is 2. The Morgan fingerprint density at radius 1 is 0.686 bits per heavy atom. The minimum atomic E-state index is -0.879. The van der Waals surface area contributed by atoms with E-state index < -0.39 is 34.1 Å². The minimum Gasteiger partial charge on any atom is -0.376 e. The van der Waals surface area contributed by atoms with E-state index in [1.165, 1.54) is 12.1 Å². The molecule has 0 saturated carbocycles. The fraction of sp³-hybridized carbons (Fsp3) is 0.476. The summed E-state index contributed by atoms with van der Waals surface area (Å²) in [5.74, 6) is -3.50. The van der Waals surface area contributed by atoms with E-state index in [0.29, 0.717) is 0 Å². The number of carbonyl (C=O) groups excluding carboxylic acids is 2. The molecule has 2 aliphatic rings. The van der Waals surface area contributed by atoms with Crippen LogP contribution in [-0.4, -0.2) is 11.8 Å². The van der Waals surface area contributed by atoms with Crippen LogP contribution in [0, 0.1) is 70.2 Å². The molecule has 0 aromatic heterocycles. The van der Waals surface area contributed by atoms with E-state index in [-0.39, 0.29) is 56.7 Å². The van der Waals surface area contributed by atoms with Crippen molar-refractivity contribution in [2.45, 2.75) is 107 Å². The van der Waals surface area contributed by atoms with Crippen molar-refractivity contribution in [1.29, 1.82) is 0 Å². The largest absolute Gasteiger partial charge is 4.00 e. The second kappa shape index (κ2) is 24.9. The Morgan fingerprint density at radius 2 is 1.04 bits per heavy atom. The van der Waals surface area contributed by atoms with Gasteiger partial charge in [0.2, 0.25) is 11.8 Å². The van der Waals surface area contributed by atoms with E-state index in [9.17, 15) is 27.2 Å². The number of hydrogen-bond donors (Lipinski definition) is 2. The van der Waals surface area contributed by atoms with Crippen molar-refractivity contribution >= 4 is 23.2 Å². The van der Waals surface area contributed by atoms with Gasteiger partial charge in [-0.1, -0.05) is 81.1 Å². The molecule has 9 heteroatoms. The number of nitrogens with one attached hydrogen (secondary N) is 2. The van der Waals surface area contributed by atoms with Crippen LogP contribution >= 0.6 is 0 Å². The molecule has 2 aromatic carbocycles. The molecule has 2 atom stereocenters. The Balaban J connectivity index is 0.000000754. The van der Waals surface area contributed by atoms with E-state index in [4.69, 9.17) is 0 Å². The SMILES string of the molecule is CCCCC(C)C(C)(C)C(=O)Nc1ccc(F)[c-]c1F.CCCCC(C)C(C)(C)C(=O)Nc1ccc(F)[c-]c1F.[C-]1=CC=CC1.[C-]1=CC=CC1.[Ti+4]. The first-order chi connectivity index (χ1) is 23.6. The summed E-state index contributed by atoms with van der Waals surface area (Å²) in [5, 5.41) is 5.05. The van der Waals surface area contributed by atoms with Gasteiger partial charge in [0.1, 0.15) is 0 Å². The molecule has 276 valence electrons. The average Bonchev–Trinajstić information content (AvgIpc) is 3.85. The van der Waals surface area contributed by atoms with Crippen LogP contribution in [0.3, 0.4) is 0 Å². The summed E-state index contributed by atoms with van der Waals surface area (Å²) in [7, 11) is 0. The summed E-state index contributed by atoms with van der Waals surface area (Å²) in [5.41, 5.74) is -1.30. The average molecular weight is 743 g/mol. The number of allylic oxidation sites excluding steroid dienone is 8. The van der Waals surface area contributed by atoms with Crippen molar-refractivity contribution in [3.63, 3.8) is 0 Å². The van der Waals surface area contributed by atoms with Gasteiger partial charge in [-0.2, -0.15) is 12.2 Å². The molecule has 0 heterocycles. The first-order valence-electron chi connectivity index (χ1n) is 17.4. The minimum absolute atomic E-state index is 0. The van der Waals surface area contributed by atoms with Gasteiger partial charge in [-0.05, 0) is 36.1 Å². The molecule has 2 aromatic rings. The van der Waals surface area contributed by atoms with Crippen LogP contribution in [0.2, 0.25) is 0 Å². The second-order valence-electron chi connectivity index (χ2n) is 13.5. The Kier molecular flexibility index (Phi) is 23.3. The van der Waals surface area contributed by atoms with Gasteiger partial charge in [-0.3, -0.25) is 21.7 Å². The maximum atomic E-state index is 13.5. The normalized spacial score (nSPS) is 13.7. The molecule has 4 nitrogen and oxygen atoms in total. The third kappa shape index (κ3) is 17.7. The zero-order chi connectivity index (χ0) is 37.7. The summed E-state index contributed by atoms with van der Waals surface area (Å²) in [6.45, 7) is 15.6. The number of unbranched alkanes of at least 4 members (excludes halogenated alkanes) is 2. The van der Waals surface area contributed by atoms with Gasteiger partial charge in [0.05, 0.1) is 0 Å². The molecule has 51 heavy (non-hydrogen) atoms. The molecular formula is C42H54F4N2O2Ti. The van der Waals surface area contributed by atoms with E-state index in [1.807, 2.05) is 78.0 Å². The standard InChI is InChI=1S/2C16H22F2NO.2C5H5.Ti/c2*1-5-6-7-11(2)16(3,4)15(20)19-14-9-8-12(17)10-13(14)18;2*1-2-4-5-3-1;/h2*8-9,11H,5-7H2,1-4H3,(H,19,20);2*1-3H,4H2;/q4*-1;+4. The predicted octanol–water partition coefficient (Wildman–Crippen LogP) is 11.7. The maximum Gasteiger partial charge on any atom is 4.00 e. The first-order valence-corrected chi connectivity index (χ1v) is 17.4. The fourth-order valence-corrected chi connectivity index (χ4v) is 4.52. The number of halogens is 4. The Labute approximate surface area is 319 Å². The van der Waals surface area contributed by atoms with Gasteiger partial charge < -0.3 is 10.6 Å². The third-order valence-electron chi connectivity index (χ3n) is 9.01. The van der Waals surface area contributed by atoms with Gasteiger partial charge in [0, 0.05) is 34.1 Å². The van der Waals surface area contributed by atoms with Gasteiger partial charge in [0.25, 0.3) is 0 Å². The quantitative estimate of drug-likeness (QED) is 0.129. The van der Waals surface area contributed by atoms with Crippen molar-refractivity contribution in [1.82, 2.24) is 0 Å². The molecule has 0 spiro atoms. The summed E-state index contributed by atoms with van der Waals surface area (Å²) < 4.78 is 52.5. The van der Waals surface area contributed by atoms with Crippen molar-refractivity contribution in [2.24, 2.45) is 22.7 Å². The number of rotatable bonds is 12. The first kappa shape index (κ1) is 47.8. The van der Waals surface area contributed by atoms with Crippen molar-refractivity contribution in [2.75, 3.05) is 10.6 Å². The zero-order valence-electron chi connectivity index (χ0n) is 31.4. The molecule has 2 unspecified atom stereocenters. The van der Waals surface area contributed by atoms with Crippen LogP contribution < -0.4 is 10.6 Å². The molecule has 0 fully saturated rings. The molecule has 0 aliphatic heterocycles. The van der Waals surface area contributed by atoms with Crippen LogP contribution in [0.1, 0.15) is 107 Å². The van der Waals surface area contributed by atoms with E-state index in [2.05, 4.69) is 48.8 Å². The van der Waals surface area contributed by atoms with Gasteiger partial charge >= 0.3 is 21.7 Å². The molecule has 2 amide bonds. The van der Waals surface area contributed by atoms with Crippen LogP contribution in [0.4, 0.5) is 28.9 Å². The summed E-state index contributed by atoms with van der Waals surface area (Å²) in [4.78, 5) is 24.6. The Hall–Kier alpha value is -3.23. The third-order valence-corrected chi connectivity index (χ3v) is 9.01. The smallest absolute Gasteiger partial charge is 0.376 e. The van der Waals surface area contributed by atoms with Crippen molar-refractivity contribution in [3.05, 3.63) is 108 Å². The summed E-state index contributed by atoms with van der Waals surface area (Å²) in [6.07, 6.45) is 26.1. The topological polar surface area (TPSA) is 58.2 Å². The van der Waals surface area contributed by atoms with Crippen molar-refractivity contribution < 1.29 is 48.9 Å². The van der Waals surface area contributed by atoms with Crippen LogP contribution in [-0.2, 0) is 31.3 Å². The molecule has 0 saturated heterocycles. The Morgan fingerprint density at radius 3 is 1.27 bits per heavy atom. The number of carbonyl (C=O) groups is 2. The zero-order valence-corrected chi connectivity index (χ0v) is 33.0. The monoisotopic (exact) mass is 742 g/mol. The van der Waals surface area contributed by atoms with Crippen LogP contribution in [0.5, 0.6) is 0 Å². The second-order valence-corrected chi connectivity index (χ2v) is 13.5.